The number of aromatic amines is 1. The molecule has 1 aliphatic rings. The fourth-order valence-corrected chi connectivity index (χ4v) is 3.74. The lowest BCUT2D eigenvalue weighted by Crippen LogP contribution is -2.48. The molecule has 0 aromatic carbocycles. The highest BCUT2D eigenvalue weighted by atomic mass is 16.5. The van der Waals surface area contributed by atoms with Crippen LogP contribution in [-0.4, -0.2) is 60.0 Å². The van der Waals surface area contributed by atoms with E-state index in [1.54, 1.807) is 32.6 Å². The SMILES string of the molecule is CCOCCCN(C(=O)C1CCC1)C(C)C(=O)c1c(C)[nH]c(C(=O)OCC)c1C. The molecule has 1 amide bonds. The Hall–Kier alpha value is -2.15. The van der Waals surface area contributed by atoms with E-state index < -0.39 is 12.0 Å². The molecule has 1 saturated carbocycles. The molecule has 7 heteroatoms. The maximum atomic E-state index is 13.3. The number of carbonyl (C=O) groups is 3. The van der Waals surface area contributed by atoms with Crippen molar-refractivity contribution in [1.82, 2.24) is 9.88 Å². The third kappa shape index (κ3) is 5.26. The molecule has 1 aliphatic carbocycles. The summed E-state index contributed by atoms with van der Waals surface area (Å²) in [5, 5.41) is 0. The highest BCUT2D eigenvalue weighted by Gasteiger charge is 2.35. The Morgan fingerprint density at radius 1 is 1.17 bits per heavy atom. The van der Waals surface area contributed by atoms with Gasteiger partial charge >= 0.3 is 5.97 Å². The molecular formula is C22H34N2O5. The van der Waals surface area contributed by atoms with E-state index in [4.69, 9.17) is 9.47 Å². The van der Waals surface area contributed by atoms with Crippen LogP contribution in [0.3, 0.4) is 0 Å². The van der Waals surface area contributed by atoms with Crippen molar-refractivity contribution in [2.45, 2.75) is 66.3 Å². The van der Waals surface area contributed by atoms with Crippen LogP contribution in [-0.2, 0) is 14.3 Å². The van der Waals surface area contributed by atoms with Crippen LogP contribution in [0.2, 0.25) is 0 Å². The molecule has 2 rings (SSSR count). The van der Waals surface area contributed by atoms with E-state index in [2.05, 4.69) is 4.98 Å². The summed E-state index contributed by atoms with van der Waals surface area (Å²) in [6.07, 6.45) is 3.52. The lowest BCUT2D eigenvalue weighted by molar-refractivity contribution is -0.139. The van der Waals surface area contributed by atoms with E-state index in [-0.39, 0.29) is 24.2 Å². The number of carbonyl (C=O) groups excluding carboxylic acids is 3. The molecule has 0 radical (unpaired) electrons. The van der Waals surface area contributed by atoms with Gasteiger partial charge in [0.2, 0.25) is 5.91 Å². The van der Waals surface area contributed by atoms with Gasteiger partial charge in [0.05, 0.1) is 12.6 Å². The van der Waals surface area contributed by atoms with Gasteiger partial charge in [-0.05, 0) is 59.4 Å². The third-order valence-corrected chi connectivity index (χ3v) is 5.64. The van der Waals surface area contributed by atoms with Gasteiger partial charge in [-0.15, -0.1) is 0 Å². The lowest BCUT2D eigenvalue weighted by Gasteiger charge is -2.35. The van der Waals surface area contributed by atoms with Crippen molar-refractivity contribution in [1.29, 1.82) is 0 Å². The number of H-pyrrole nitrogens is 1. The molecule has 7 nitrogen and oxygen atoms in total. The second-order valence-corrected chi connectivity index (χ2v) is 7.60. The maximum Gasteiger partial charge on any atom is 0.355 e. The van der Waals surface area contributed by atoms with Gasteiger partial charge in [-0.1, -0.05) is 6.42 Å². The molecule has 29 heavy (non-hydrogen) atoms. The highest BCUT2D eigenvalue weighted by Crippen LogP contribution is 2.30. The van der Waals surface area contributed by atoms with E-state index in [1.165, 1.54) is 0 Å². The Morgan fingerprint density at radius 3 is 2.41 bits per heavy atom. The summed E-state index contributed by atoms with van der Waals surface area (Å²) < 4.78 is 10.5. The fraction of sp³-hybridized carbons (Fsp3) is 0.682. The number of aromatic nitrogens is 1. The number of amides is 1. The Labute approximate surface area is 173 Å². The number of nitrogens with zero attached hydrogens (tertiary/aromatic N) is 1. The number of ether oxygens (including phenoxy) is 2. The van der Waals surface area contributed by atoms with Gasteiger partial charge in [0.1, 0.15) is 5.69 Å². The Bertz CT molecular complexity index is 736. The molecular weight excluding hydrogens is 372 g/mol. The van der Waals surface area contributed by atoms with Gasteiger partial charge in [-0.25, -0.2) is 4.79 Å². The highest BCUT2D eigenvalue weighted by molar-refractivity contribution is 6.06. The van der Waals surface area contributed by atoms with E-state index in [9.17, 15) is 14.4 Å². The van der Waals surface area contributed by atoms with Crippen molar-refractivity contribution < 1.29 is 23.9 Å². The second-order valence-electron chi connectivity index (χ2n) is 7.60. The summed E-state index contributed by atoms with van der Waals surface area (Å²) in [5.41, 5.74) is 1.96. The minimum absolute atomic E-state index is 0.0147. The zero-order chi connectivity index (χ0) is 21.6. The molecule has 1 aromatic heterocycles. The van der Waals surface area contributed by atoms with Gasteiger partial charge in [0, 0.05) is 36.9 Å². The Kier molecular flexibility index (Phi) is 8.44. The zero-order valence-corrected chi connectivity index (χ0v) is 18.3. The average molecular weight is 407 g/mol. The van der Waals surface area contributed by atoms with Crippen LogP contribution in [0.4, 0.5) is 0 Å². The Morgan fingerprint density at radius 2 is 1.86 bits per heavy atom. The molecule has 0 bridgehead atoms. The van der Waals surface area contributed by atoms with Crippen molar-refractivity contribution in [3.63, 3.8) is 0 Å². The number of aryl methyl sites for hydroxylation is 1. The number of rotatable bonds is 11. The average Bonchev–Trinajstić information content (AvgIpc) is 2.93. The largest absolute Gasteiger partial charge is 0.461 e. The first kappa shape index (κ1) is 23.1. The molecule has 162 valence electrons. The molecule has 1 heterocycles. The summed E-state index contributed by atoms with van der Waals surface area (Å²) in [7, 11) is 0. The first-order valence-corrected chi connectivity index (χ1v) is 10.6. The van der Waals surface area contributed by atoms with Crippen molar-refractivity contribution in [2.24, 2.45) is 5.92 Å². The quantitative estimate of drug-likeness (QED) is 0.345. The van der Waals surface area contributed by atoms with Crippen LogP contribution in [0.5, 0.6) is 0 Å². The van der Waals surface area contributed by atoms with Crippen LogP contribution >= 0.6 is 0 Å². The number of ketones is 1. The molecule has 1 fully saturated rings. The predicted molar refractivity (Wildman–Crippen MR) is 110 cm³/mol. The molecule has 1 N–H and O–H groups in total. The van der Waals surface area contributed by atoms with Gasteiger partial charge < -0.3 is 19.4 Å². The predicted octanol–water partition coefficient (Wildman–Crippen LogP) is 3.43. The smallest absolute Gasteiger partial charge is 0.355 e. The van der Waals surface area contributed by atoms with Crippen molar-refractivity contribution in [2.75, 3.05) is 26.4 Å². The van der Waals surface area contributed by atoms with Crippen LogP contribution in [0.25, 0.3) is 0 Å². The summed E-state index contributed by atoms with van der Waals surface area (Å²) >= 11 is 0. The number of Topliss-reactive ketones (excluding diaryl/α,β-unsaturated/α-hetero) is 1. The molecule has 0 aliphatic heterocycles. The van der Waals surface area contributed by atoms with Crippen LogP contribution in [0.15, 0.2) is 0 Å². The molecule has 0 spiro atoms. The summed E-state index contributed by atoms with van der Waals surface area (Å²) in [4.78, 5) is 43.2. The van der Waals surface area contributed by atoms with Crippen LogP contribution in [0.1, 0.15) is 78.6 Å². The Balaban J connectivity index is 2.23. The van der Waals surface area contributed by atoms with Crippen molar-refractivity contribution >= 4 is 17.7 Å². The number of nitrogens with one attached hydrogen (secondary N) is 1. The molecule has 1 unspecified atom stereocenters. The first-order valence-electron chi connectivity index (χ1n) is 10.6. The zero-order valence-electron chi connectivity index (χ0n) is 18.3. The van der Waals surface area contributed by atoms with Crippen molar-refractivity contribution in [3.05, 3.63) is 22.5 Å². The first-order chi connectivity index (χ1) is 13.8. The van der Waals surface area contributed by atoms with Crippen molar-refractivity contribution in [3.8, 4) is 0 Å². The standard InChI is InChI=1S/C22H34N2O5/c1-6-28-13-9-12-24(21(26)17-10-8-11-17)16(5)20(25)18-14(3)19(23-15(18)4)22(27)29-7-2/h16-17,23H,6-13H2,1-5H3. The molecule has 1 atom stereocenters. The maximum absolute atomic E-state index is 13.3. The third-order valence-electron chi connectivity index (χ3n) is 5.64. The number of hydrogen-bond donors (Lipinski definition) is 1. The van der Waals surface area contributed by atoms with Crippen LogP contribution in [0, 0.1) is 19.8 Å². The monoisotopic (exact) mass is 406 g/mol. The fourth-order valence-electron chi connectivity index (χ4n) is 3.74. The van der Waals surface area contributed by atoms with E-state index in [1.807, 2.05) is 6.92 Å². The minimum atomic E-state index is -0.604. The van der Waals surface area contributed by atoms with Gasteiger partial charge in [-0.3, -0.25) is 9.59 Å². The van der Waals surface area contributed by atoms with Gasteiger partial charge in [0.25, 0.3) is 0 Å². The topological polar surface area (TPSA) is 88.7 Å². The molecule has 0 saturated heterocycles. The van der Waals surface area contributed by atoms with Gasteiger partial charge in [0.15, 0.2) is 5.78 Å². The molecule has 1 aromatic rings. The summed E-state index contributed by atoms with van der Waals surface area (Å²) in [5.74, 6) is -0.569. The van der Waals surface area contributed by atoms with E-state index in [0.717, 1.165) is 19.3 Å². The number of hydrogen-bond acceptors (Lipinski definition) is 5. The lowest BCUT2D eigenvalue weighted by atomic mass is 9.83. The minimum Gasteiger partial charge on any atom is -0.461 e. The van der Waals surface area contributed by atoms with Crippen LogP contribution < -0.4 is 0 Å². The normalized spacial score (nSPS) is 14.9. The van der Waals surface area contributed by atoms with Gasteiger partial charge in [-0.2, -0.15) is 0 Å². The summed E-state index contributed by atoms with van der Waals surface area (Å²) in [6, 6.07) is -0.604. The summed E-state index contributed by atoms with van der Waals surface area (Å²) in [6.45, 7) is 10.9. The second kappa shape index (κ2) is 10.6. The van der Waals surface area contributed by atoms with E-state index in [0.29, 0.717) is 48.7 Å². The van der Waals surface area contributed by atoms with E-state index >= 15 is 0 Å². The number of esters is 1.